The average Bonchev–Trinajstić information content (AvgIpc) is 2.71. The topological polar surface area (TPSA) is 93.2 Å². The maximum atomic E-state index is 11.5. The molecule has 2 heterocycles. The van der Waals surface area contributed by atoms with Crippen molar-refractivity contribution in [2.24, 2.45) is 5.16 Å². The number of hydrogen-bond acceptors (Lipinski definition) is 6. The molecule has 0 spiro atoms. The summed E-state index contributed by atoms with van der Waals surface area (Å²) in [6.45, 7) is 0. The molecule has 0 aliphatic rings. The van der Waals surface area contributed by atoms with Crippen molar-refractivity contribution in [3.63, 3.8) is 0 Å². The number of nitrogens with zero attached hydrogens (tertiary/aromatic N) is 3. The third-order valence-corrected chi connectivity index (χ3v) is 2.49. The molecule has 0 atom stereocenters. The largest absolute Gasteiger partial charge is 0.446 e. The van der Waals surface area contributed by atoms with Crippen molar-refractivity contribution in [2.45, 2.75) is 0 Å². The first-order valence-electron chi connectivity index (χ1n) is 4.49. The molecule has 2 aromatic heterocycles. The number of fused-ring (bicyclic) bond motifs is 3. The standard InChI is InChI=1S/C9H4ClN3O4/c10-4-1-2-6-5(3-4)13-7(8(11-15)16-6)12-17-9(13)14/h1-3,15H/b11-8+. The SMILES string of the molecule is O=c1onc2/c(=N\O)oc3ccc(Cl)cc3n12. The molecule has 0 aliphatic carbocycles. The highest BCUT2D eigenvalue weighted by Gasteiger charge is 2.12. The molecule has 3 rings (SSSR count). The van der Waals surface area contributed by atoms with Crippen LogP contribution in [0.15, 0.2) is 37.1 Å². The summed E-state index contributed by atoms with van der Waals surface area (Å²) in [5, 5.41) is 15.6. The summed E-state index contributed by atoms with van der Waals surface area (Å²) in [4.78, 5) is 11.5. The lowest BCUT2D eigenvalue weighted by atomic mass is 10.3. The van der Waals surface area contributed by atoms with Crippen LogP contribution < -0.4 is 11.3 Å². The summed E-state index contributed by atoms with van der Waals surface area (Å²) < 4.78 is 10.8. The second-order valence-corrected chi connectivity index (χ2v) is 3.66. The van der Waals surface area contributed by atoms with E-state index in [1.54, 1.807) is 12.1 Å². The molecule has 1 aromatic carbocycles. The third kappa shape index (κ3) is 1.32. The predicted octanol–water partition coefficient (Wildman–Crippen LogP) is 0.977. The van der Waals surface area contributed by atoms with Gasteiger partial charge in [-0.25, -0.2) is 9.20 Å². The van der Waals surface area contributed by atoms with Crippen LogP contribution in [0.5, 0.6) is 0 Å². The van der Waals surface area contributed by atoms with E-state index in [2.05, 4.69) is 14.8 Å². The van der Waals surface area contributed by atoms with E-state index in [1.165, 1.54) is 6.07 Å². The summed E-state index contributed by atoms with van der Waals surface area (Å²) in [7, 11) is 0. The lowest BCUT2D eigenvalue weighted by Crippen LogP contribution is -2.14. The second kappa shape index (κ2) is 3.36. The molecule has 0 saturated heterocycles. The molecule has 1 N–H and O–H groups in total. The molecule has 0 bridgehead atoms. The summed E-state index contributed by atoms with van der Waals surface area (Å²) in [5.74, 6) is -0.715. The van der Waals surface area contributed by atoms with Gasteiger partial charge >= 0.3 is 11.3 Å². The molecule has 7 nitrogen and oxygen atoms in total. The monoisotopic (exact) mass is 253 g/mol. The first kappa shape index (κ1) is 9.91. The van der Waals surface area contributed by atoms with Crippen LogP contribution in [0.25, 0.3) is 16.7 Å². The van der Waals surface area contributed by atoms with Crippen LogP contribution in [0.4, 0.5) is 0 Å². The molecular formula is C9H4ClN3O4. The summed E-state index contributed by atoms with van der Waals surface area (Å²) in [5.41, 5.74) is 0.462. The number of hydrogen-bond donors (Lipinski definition) is 1. The molecule has 0 amide bonds. The molecule has 0 aliphatic heterocycles. The molecule has 3 aromatic rings. The van der Waals surface area contributed by atoms with Crippen LogP contribution in [0.1, 0.15) is 0 Å². The van der Waals surface area contributed by atoms with Gasteiger partial charge in [0.25, 0.3) is 0 Å². The Hall–Kier alpha value is -2.28. The van der Waals surface area contributed by atoms with Crippen molar-refractivity contribution in [1.82, 2.24) is 9.56 Å². The predicted molar refractivity (Wildman–Crippen MR) is 55.9 cm³/mol. The summed E-state index contributed by atoms with van der Waals surface area (Å²) in [6, 6.07) is 4.65. The molecule has 0 unspecified atom stereocenters. The zero-order valence-corrected chi connectivity index (χ0v) is 8.88. The smallest absolute Gasteiger partial charge is 0.432 e. The van der Waals surface area contributed by atoms with E-state index in [-0.39, 0.29) is 11.2 Å². The first-order chi connectivity index (χ1) is 8.20. The van der Waals surface area contributed by atoms with Crippen molar-refractivity contribution in [3.05, 3.63) is 39.3 Å². The Morgan fingerprint density at radius 2 is 2.29 bits per heavy atom. The minimum atomic E-state index is -0.715. The van der Waals surface area contributed by atoms with Gasteiger partial charge in [-0.3, -0.25) is 4.52 Å². The molecular weight excluding hydrogens is 250 g/mol. The number of rotatable bonds is 0. The van der Waals surface area contributed by atoms with Gasteiger partial charge in [-0.1, -0.05) is 11.6 Å². The van der Waals surface area contributed by atoms with Crippen molar-refractivity contribution < 1.29 is 14.1 Å². The lowest BCUT2D eigenvalue weighted by Gasteiger charge is -1.99. The normalized spacial score (nSPS) is 12.6. The molecule has 0 radical (unpaired) electrons. The average molecular weight is 254 g/mol. The van der Waals surface area contributed by atoms with Gasteiger partial charge < -0.3 is 9.62 Å². The first-order valence-corrected chi connectivity index (χ1v) is 4.87. The molecule has 17 heavy (non-hydrogen) atoms. The van der Waals surface area contributed by atoms with Crippen molar-refractivity contribution >= 4 is 28.3 Å². The molecule has 0 fully saturated rings. The third-order valence-electron chi connectivity index (χ3n) is 2.26. The number of aromatic nitrogens is 2. The fraction of sp³-hybridized carbons (Fsp3) is 0. The van der Waals surface area contributed by atoms with Gasteiger partial charge in [0.2, 0.25) is 5.65 Å². The van der Waals surface area contributed by atoms with Crippen LogP contribution in [0.3, 0.4) is 0 Å². The summed E-state index contributed by atoms with van der Waals surface area (Å²) >= 11 is 5.83. The minimum Gasteiger partial charge on any atom is -0.432 e. The quantitative estimate of drug-likeness (QED) is 0.476. The van der Waals surface area contributed by atoms with Crippen LogP contribution >= 0.6 is 11.6 Å². The van der Waals surface area contributed by atoms with Gasteiger partial charge in [0.15, 0.2) is 5.58 Å². The van der Waals surface area contributed by atoms with E-state index < -0.39 is 5.76 Å². The molecule has 0 saturated carbocycles. The van der Waals surface area contributed by atoms with E-state index >= 15 is 0 Å². The fourth-order valence-corrected chi connectivity index (χ4v) is 1.73. The zero-order valence-electron chi connectivity index (χ0n) is 8.12. The summed E-state index contributed by atoms with van der Waals surface area (Å²) in [6.07, 6.45) is 0. The maximum absolute atomic E-state index is 11.5. The van der Waals surface area contributed by atoms with E-state index in [4.69, 9.17) is 21.2 Å². The Labute approximate surface area is 97.1 Å². The van der Waals surface area contributed by atoms with E-state index in [1.807, 2.05) is 0 Å². The second-order valence-electron chi connectivity index (χ2n) is 3.23. The van der Waals surface area contributed by atoms with Crippen molar-refractivity contribution in [3.8, 4) is 0 Å². The molecule has 8 heteroatoms. The van der Waals surface area contributed by atoms with Crippen LogP contribution in [-0.2, 0) is 0 Å². The van der Waals surface area contributed by atoms with Gasteiger partial charge in [-0.05, 0) is 28.5 Å². The Morgan fingerprint density at radius 1 is 1.47 bits per heavy atom. The van der Waals surface area contributed by atoms with E-state index in [9.17, 15) is 4.79 Å². The fourth-order valence-electron chi connectivity index (χ4n) is 1.56. The highest BCUT2D eigenvalue weighted by molar-refractivity contribution is 6.31. The van der Waals surface area contributed by atoms with E-state index in [0.29, 0.717) is 16.1 Å². The van der Waals surface area contributed by atoms with Gasteiger partial charge in [-0.2, -0.15) is 0 Å². The Bertz CT molecular complexity index is 845. The van der Waals surface area contributed by atoms with Crippen molar-refractivity contribution in [2.75, 3.05) is 0 Å². The van der Waals surface area contributed by atoms with Gasteiger partial charge in [0, 0.05) is 5.02 Å². The minimum absolute atomic E-state index is 0.0210. The van der Waals surface area contributed by atoms with Crippen LogP contribution in [0, 0.1) is 0 Å². The molecule has 86 valence electrons. The maximum Gasteiger partial charge on any atom is 0.446 e. The van der Waals surface area contributed by atoms with Crippen LogP contribution in [0.2, 0.25) is 5.02 Å². The lowest BCUT2D eigenvalue weighted by molar-refractivity contribution is 0.277. The Balaban J connectivity index is 2.73. The number of benzene rings is 1. The highest BCUT2D eigenvalue weighted by Crippen LogP contribution is 2.17. The van der Waals surface area contributed by atoms with E-state index in [0.717, 1.165) is 4.40 Å². The Kier molecular flexibility index (Phi) is 1.96. The van der Waals surface area contributed by atoms with Crippen molar-refractivity contribution in [1.29, 1.82) is 0 Å². The Morgan fingerprint density at radius 3 is 3.06 bits per heavy atom. The van der Waals surface area contributed by atoms with Gasteiger partial charge in [0.1, 0.15) is 0 Å². The van der Waals surface area contributed by atoms with Gasteiger partial charge in [-0.15, -0.1) is 0 Å². The zero-order chi connectivity index (χ0) is 12.0. The van der Waals surface area contributed by atoms with Gasteiger partial charge in [0.05, 0.1) is 5.52 Å². The highest BCUT2D eigenvalue weighted by atomic mass is 35.5. The van der Waals surface area contributed by atoms with Crippen LogP contribution in [-0.4, -0.2) is 14.8 Å². The number of halogens is 1.